The molecule has 1 saturated carbocycles. The van der Waals surface area contributed by atoms with Crippen LogP contribution in [0.5, 0.6) is 0 Å². The summed E-state index contributed by atoms with van der Waals surface area (Å²) in [6.07, 6.45) is 3.72. The highest BCUT2D eigenvalue weighted by Crippen LogP contribution is 2.25. The van der Waals surface area contributed by atoms with Gasteiger partial charge in [0.2, 0.25) is 0 Å². The minimum Gasteiger partial charge on any atom is -0.388 e. The molecule has 1 heterocycles. The van der Waals surface area contributed by atoms with E-state index < -0.39 is 5.60 Å². The summed E-state index contributed by atoms with van der Waals surface area (Å²) >= 11 is 0. The molecular weight excluding hydrogens is 206 g/mol. The molecule has 4 nitrogen and oxygen atoms in total. The highest BCUT2D eigenvalue weighted by Gasteiger charge is 2.34. The summed E-state index contributed by atoms with van der Waals surface area (Å²) in [5.41, 5.74) is -0.612. The predicted molar refractivity (Wildman–Crippen MR) is 60.3 cm³/mol. The SMILES string of the molecule is CN(CC1(O)CCOCC1)C1CCC(=O)C1. The number of nitrogens with zero attached hydrogens (tertiary/aromatic N) is 1. The first-order valence-corrected chi connectivity index (χ1v) is 6.11. The molecule has 0 spiro atoms. The van der Waals surface area contributed by atoms with Gasteiger partial charge in [-0.05, 0) is 13.5 Å². The van der Waals surface area contributed by atoms with Gasteiger partial charge in [0.1, 0.15) is 5.78 Å². The van der Waals surface area contributed by atoms with Crippen LogP contribution in [0, 0.1) is 0 Å². The minimum absolute atomic E-state index is 0.333. The van der Waals surface area contributed by atoms with Crippen molar-refractivity contribution in [1.29, 1.82) is 0 Å². The molecule has 0 aromatic rings. The van der Waals surface area contributed by atoms with E-state index in [0.717, 1.165) is 6.42 Å². The maximum atomic E-state index is 11.2. The van der Waals surface area contributed by atoms with Gasteiger partial charge < -0.3 is 14.7 Å². The fourth-order valence-electron chi connectivity index (χ4n) is 2.67. The monoisotopic (exact) mass is 227 g/mol. The zero-order chi connectivity index (χ0) is 11.6. The van der Waals surface area contributed by atoms with Gasteiger partial charge in [0.25, 0.3) is 0 Å². The molecule has 1 N–H and O–H groups in total. The van der Waals surface area contributed by atoms with E-state index in [-0.39, 0.29) is 0 Å². The van der Waals surface area contributed by atoms with Crippen molar-refractivity contribution in [3.63, 3.8) is 0 Å². The Balaban J connectivity index is 1.85. The molecule has 2 aliphatic rings. The first kappa shape index (κ1) is 12.0. The fourth-order valence-corrected chi connectivity index (χ4v) is 2.67. The summed E-state index contributed by atoms with van der Waals surface area (Å²) in [4.78, 5) is 13.4. The van der Waals surface area contributed by atoms with E-state index in [0.29, 0.717) is 57.3 Å². The minimum atomic E-state index is -0.612. The van der Waals surface area contributed by atoms with E-state index in [1.54, 1.807) is 0 Å². The van der Waals surface area contributed by atoms with E-state index in [9.17, 15) is 9.90 Å². The largest absolute Gasteiger partial charge is 0.388 e. The zero-order valence-electron chi connectivity index (χ0n) is 9.95. The first-order valence-electron chi connectivity index (χ1n) is 6.11. The van der Waals surface area contributed by atoms with Gasteiger partial charge in [-0.25, -0.2) is 0 Å². The number of aliphatic hydroxyl groups is 1. The Morgan fingerprint density at radius 1 is 1.50 bits per heavy atom. The Morgan fingerprint density at radius 2 is 2.19 bits per heavy atom. The number of rotatable bonds is 3. The lowest BCUT2D eigenvalue weighted by atomic mass is 9.93. The van der Waals surface area contributed by atoms with Crippen LogP contribution >= 0.6 is 0 Å². The summed E-state index contributed by atoms with van der Waals surface area (Å²) in [6.45, 7) is 1.95. The normalized spacial score (nSPS) is 29.9. The van der Waals surface area contributed by atoms with Crippen LogP contribution in [0.3, 0.4) is 0 Å². The van der Waals surface area contributed by atoms with Crippen LogP contribution < -0.4 is 0 Å². The molecule has 0 aromatic heterocycles. The van der Waals surface area contributed by atoms with Crippen LogP contribution in [0.1, 0.15) is 32.1 Å². The lowest BCUT2D eigenvalue weighted by Gasteiger charge is -2.37. The Bertz CT molecular complexity index is 261. The highest BCUT2D eigenvalue weighted by molar-refractivity contribution is 5.81. The quantitative estimate of drug-likeness (QED) is 0.766. The Hall–Kier alpha value is -0.450. The highest BCUT2D eigenvalue weighted by atomic mass is 16.5. The molecule has 1 saturated heterocycles. The summed E-state index contributed by atoms with van der Waals surface area (Å²) in [6, 6.07) is 0.333. The molecule has 2 rings (SSSR count). The Labute approximate surface area is 96.6 Å². The molecule has 4 heteroatoms. The molecule has 0 radical (unpaired) electrons. The van der Waals surface area contributed by atoms with E-state index in [1.165, 1.54) is 0 Å². The third-order valence-corrected chi connectivity index (χ3v) is 3.81. The third kappa shape index (κ3) is 2.81. The van der Waals surface area contributed by atoms with Crippen molar-refractivity contribution < 1.29 is 14.6 Å². The zero-order valence-corrected chi connectivity index (χ0v) is 9.95. The average Bonchev–Trinajstić information content (AvgIpc) is 2.65. The van der Waals surface area contributed by atoms with E-state index in [4.69, 9.17) is 4.74 Å². The van der Waals surface area contributed by atoms with E-state index >= 15 is 0 Å². The van der Waals surface area contributed by atoms with E-state index in [1.807, 2.05) is 7.05 Å². The van der Waals surface area contributed by atoms with Gasteiger partial charge in [0, 0.05) is 51.5 Å². The Morgan fingerprint density at radius 3 is 2.75 bits per heavy atom. The molecule has 1 unspecified atom stereocenters. The summed E-state index contributed by atoms with van der Waals surface area (Å²) in [7, 11) is 2.01. The van der Waals surface area contributed by atoms with Crippen LogP contribution in [0.4, 0.5) is 0 Å². The van der Waals surface area contributed by atoms with Gasteiger partial charge in [-0.15, -0.1) is 0 Å². The molecule has 0 aromatic carbocycles. The maximum absolute atomic E-state index is 11.2. The smallest absolute Gasteiger partial charge is 0.134 e. The van der Waals surface area contributed by atoms with Gasteiger partial charge in [0.15, 0.2) is 0 Å². The number of hydrogen-bond donors (Lipinski definition) is 1. The second kappa shape index (κ2) is 4.82. The summed E-state index contributed by atoms with van der Waals surface area (Å²) in [5.74, 6) is 0.357. The second-order valence-electron chi connectivity index (χ2n) is 5.19. The van der Waals surface area contributed by atoms with E-state index in [2.05, 4.69) is 4.90 Å². The van der Waals surface area contributed by atoms with Crippen molar-refractivity contribution in [3.05, 3.63) is 0 Å². The summed E-state index contributed by atoms with van der Waals surface area (Å²) < 4.78 is 5.26. The van der Waals surface area contributed by atoms with Crippen LogP contribution in [0.15, 0.2) is 0 Å². The van der Waals surface area contributed by atoms with Crippen molar-refractivity contribution in [2.75, 3.05) is 26.8 Å². The van der Waals surface area contributed by atoms with Crippen molar-refractivity contribution in [2.24, 2.45) is 0 Å². The van der Waals surface area contributed by atoms with Gasteiger partial charge >= 0.3 is 0 Å². The number of ether oxygens (including phenoxy) is 1. The maximum Gasteiger partial charge on any atom is 0.134 e. The molecule has 2 fully saturated rings. The van der Waals surface area contributed by atoms with Crippen LogP contribution in [-0.2, 0) is 9.53 Å². The fraction of sp³-hybridized carbons (Fsp3) is 0.917. The van der Waals surface area contributed by atoms with Gasteiger partial charge in [0.05, 0.1) is 5.60 Å². The predicted octanol–water partition coefficient (Wildman–Crippen LogP) is 0.581. The molecule has 0 bridgehead atoms. The number of Topliss-reactive ketones (excluding diaryl/α,β-unsaturated/α-hetero) is 1. The Kier molecular flexibility index (Phi) is 3.62. The van der Waals surface area contributed by atoms with Gasteiger partial charge in [-0.3, -0.25) is 4.79 Å². The number of ketones is 1. The van der Waals surface area contributed by atoms with Gasteiger partial charge in [-0.2, -0.15) is 0 Å². The second-order valence-corrected chi connectivity index (χ2v) is 5.19. The molecule has 16 heavy (non-hydrogen) atoms. The molecule has 1 atom stereocenters. The average molecular weight is 227 g/mol. The number of carbonyl (C=O) groups is 1. The van der Waals surface area contributed by atoms with Crippen LogP contribution in [-0.4, -0.2) is 54.2 Å². The molecule has 1 aliphatic carbocycles. The van der Waals surface area contributed by atoms with Crippen LogP contribution in [0.2, 0.25) is 0 Å². The first-order chi connectivity index (χ1) is 7.59. The van der Waals surface area contributed by atoms with Crippen molar-refractivity contribution in [2.45, 2.75) is 43.7 Å². The summed E-state index contributed by atoms with van der Waals surface area (Å²) in [5, 5.41) is 10.4. The van der Waals surface area contributed by atoms with Gasteiger partial charge in [-0.1, -0.05) is 0 Å². The number of carbonyl (C=O) groups excluding carboxylic acids is 1. The third-order valence-electron chi connectivity index (χ3n) is 3.81. The lowest BCUT2D eigenvalue weighted by Crippen LogP contribution is -2.48. The molecule has 1 aliphatic heterocycles. The van der Waals surface area contributed by atoms with Crippen molar-refractivity contribution in [1.82, 2.24) is 4.90 Å². The molecule has 0 amide bonds. The molecular formula is C12H21NO3. The topological polar surface area (TPSA) is 49.8 Å². The number of hydrogen-bond acceptors (Lipinski definition) is 4. The number of likely N-dealkylation sites (N-methyl/N-ethyl adjacent to an activating group) is 1. The van der Waals surface area contributed by atoms with Crippen molar-refractivity contribution in [3.8, 4) is 0 Å². The lowest BCUT2D eigenvalue weighted by molar-refractivity contribution is -0.118. The standard InChI is InChI=1S/C12H21NO3/c1-13(10-2-3-11(14)8-10)9-12(15)4-6-16-7-5-12/h10,15H,2-9H2,1H3. The van der Waals surface area contributed by atoms with Crippen LogP contribution in [0.25, 0.3) is 0 Å². The van der Waals surface area contributed by atoms with Crippen molar-refractivity contribution >= 4 is 5.78 Å². The molecule has 92 valence electrons.